The molecule has 3 saturated heterocycles. The summed E-state index contributed by atoms with van der Waals surface area (Å²) in [5.41, 5.74) is 2.63. The van der Waals surface area contributed by atoms with E-state index in [2.05, 4.69) is 22.3 Å². The average Bonchev–Trinajstić information content (AvgIpc) is 3.70. The maximum absolute atomic E-state index is 13.3. The summed E-state index contributed by atoms with van der Waals surface area (Å²) >= 11 is 0. The van der Waals surface area contributed by atoms with E-state index in [9.17, 15) is 9.59 Å². The number of nitrogens with zero attached hydrogens (tertiary/aromatic N) is 2. The summed E-state index contributed by atoms with van der Waals surface area (Å²) in [5, 5.41) is 4.18. The standard InChI is InChI=1S/C29H33N3O4/c33-28(21-10-13-35-19-21)30-26(20-5-2-1-3-6-20)9-12-31-15-22-17-32(18-23(22)16-31)29(34)25-7-4-8-27-24(25)11-14-36-27/h1-8,11,14,21-23,26H,9-10,12-13,15-19H2,(H,30,33)/t21?,22-,23?,26?/m0/s1. The summed E-state index contributed by atoms with van der Waals surface area (Å²) in [4.78, 5) is 30.6. The molecule has 3 aliphatic heterocycles. The first-order valence-corrected chi connectivity index (χ1v) is 13.1. The number of hydrogen-bond acceptors (Lipinski definition) is 5. The van der Waals surface area contributed by atoms with Gasteiger partial charge in [-0.15, -0.1) is 0 Å². The molecule has 3 fully saturated rings. The van der Waals surface area contributed by atoms with Gasteiger partial charge >= 0.3 is 0 Å². The highest BCUT2D eigenvalue weighted by Gasteiger charge is 2.42. The molecule has 188 valence electrons. The Morgan fingerprint density at radius 1 is 0.972 bits per heavy atom. The molecule has 3 aliphatic rings. The Morgan fingerprint density at radius 3 is 2.53 bits per heavy atom. The molecule has 4 heterocycles. The molecule has 2 aromatic carbocycles. The van der Waals surface area contributed by atoms with Crippen molar-refractivity contribution in [1.29, 1.82) is 0 Å². The minimum absolute atomic E-state index is 0.00624. The Labute approximate surface area is 211 Å². The fourth-order valence-electron chi connectivity index (χ4n) is 6.14. The third kappa shape index (κ3) is 4.65. The van der Waals surface area contributed by atoms with Gasteiger partial charge in [-0.2, -0.15) is 0 Å². The van der Waals surface area contributed by atoms with Crippen LogP contribution >= 0.6 is 0 Å². The normalized spacial score (nSPS) is 24.8. The molecule has 1 aromatic heterocycles. The Hall–Kier alpha value is -3.16. The molecule has 7 nitrogen and oxygen atoms in total. The maximum atomic E-state index is 13.3. The zero-order valence-corrected chi connectivity index (χ0v) is 20.5. The van der Waals surface area contributed by atoms with E-state index >= 15 is 0 Å². The molecular weight excluding hydrogens is 454 g/mol. The SMILES string of the molecule is O=C(NC(CCN1CC2CN(C(=O)c3cccc4occc34)C[C@@H]2C1)c1ccccc1)C1CCOC1. The number of benzene rings is 2. The van der Waals surface area contributed by atoms with Crippen molar-refractivity contribution in [2.24, 2.45) is 17.8 Å². The van der Waals surface area contributed by atoms with Crippen molar-refractivity contribution < 1.29 is 18.7 Å². The minimum Gasteiger partial charge on any atom is -0.464 e. The molecule has 7 heteroatoms. The van der Waals surface area contributed by atoms with Crippen LogP contribution in [0.5, 0.6) is 0 Å². The second-order valence-electron chi connectivity index (χ2n) is 10.4. The van der Waals surface area contributed by atoms with Gasteiger partial charge in [-0.05, 0) is 48.4 Å². The smallest absolute Gasteiger partial charge is 0.254 e. The van der Waals surface area contributed by atoms with Gasteiger partial charge in [0.15, 0.2) is 0 Å². The number of carbonyl (C=O) groups is 2. The summed E-state index contributed by atoms with van der Waals surface area (Å²) in [5.74, 6) is 1.15. The van der Waals surface area contributed by atoms with Crippen molar-refractivity contribution in [2.75, 3.05) is 45.9 Å². The van der Waals surface area contributed by atoms with E-state index in [1.807, 2.05) is 47.4 Å². The molecule has 6 rings (SSSR count). The summed E-state index contributed by atoms with van der Waals surface area (Å²) in [6.45, 7) is 5.71. The van der Waals surface area contributed by atoms with Crippen LogP contribution in [0.3, 0.4) is 0 Å². The van der Waals surface area contributed by atoms with E-state index in [-0.39, 0.29) is 23.8 Å². The number of hydrogen-bond donors (Lipinski definition) is 1. The van der Waals surface area contributed by atoms with Gasteiger partial charge in [-0.1, -0.05) is 36.4 Å². The van der Waals surface area contributed by atoms with E-state index in [4.69, 9.17) is 9.15 Å². The topological polar surface area (TPSA) is 75.0 Å². The van der Waals surface area contributed by atoms with Crippen LogP contribution in [0.15, 0.2) is 65.3 Å². The molecule has 36 heavy (non-hydrogen) atoms. The lowest BCUT2D eigenvalue weighted by Gasteiger charge is -2.25. The zero-order chi connectivity index (χ0) is 24.5. The van der Waals surface area contributed by atoms with Crippen LogP contribution in [0, 0.1) is 17.8 Å². The van der Waals surface area contributed by atoms with E-state index in [0.717, 1.165) is 67.7 Å². The molecule has 2 amide bonds. The van der Waals surface area contributed by atoms with E-state index in [1.54, 1.807) is 6.26 Å². The highest BCUT2D eigenvalue weighted by atomic mass is 16.5. The van der Waals surface area contributed by atoms with Crippen molar-refractivity contribution in [3.63, 3.8) is 0 Å². The number of amides is 2. The highest BCUT2D eigenvalue weighted by Crippen LogP contribution is 2.33. The lowest BCUT2D eigenvalue weighted by molar-refractivity contribution is -0.125. The van der Waals surface area contributed by atoms with E-state index < -0.39 is 0 Å². The van der Waals surface area contributed by atoms with E-state index in [0.29, 0.717) is 25.0 Å². The minimum atomic E-state index is -0.0428. The third-order valence-corrected chi connectivity index (χ3v) is 8.13. The number of furan rings is 1. The fraction of sp³-hybridized carbons (Fsp3) is 0.448. The highest BCUT2D eigenvalue weighted by molar-refractivity contribution is 6.06. The van der Waals surface area contributed by atoms with Gasteiger partial charge in [0.25, 0.3) is 5.91 Å². The molecule has 0 spiro atoms. The molecule has 3 unspecified atom stereocenters. The number of fused-ring (bicyclic) bond motifs is 2. The Morgan fingerprint density at radius 2 is 1.78 bits per heavy atom. The quantitative estimate of drug-likeness (QED) is 0.550. The third-order valence-electron chi connectivity index (χ3n) is 8.13. The molecule has 0 radical (unpaired) electrons. The second kappa shape index (κ2) is 10.1. The van der Waals surface area contributed by atoms with Crippen LogP contribution in [0.2, 0.25) is 0 Å². The molecule has 3 aromatic rings. The first kappa shape index (κ1) is 23.3. The first-order valence-electron chi connectivity index (χ1n) is 13.1. The summed E-state index contributed by atoms with van der Waals surface area (Å²) in [7, 11) is 0. The molecule has 0 aliphatic carbocycles. The van der Waals surface area contributed by atoms with Gasteiger partial charge in [0, 0.05) is 44.7 Å². The lowest BCUT2D eigenvalue weighted by Crippen LogP contribution is -2.37. The van der Waals surface area contributed by atoms with Gasteiger partial charge in [-0.3, -0.25) is 9.59 Å². The Balaban J connectivity index is 1.05. The predicted molar refractivity (Wildman–Crippen MR) is 136 cm³/mol. The van der Waals surface area contributed by atoms with Crippen LogP contribution in [0.4, 0.5) is 0 Å². The van der Waals surface area contributed by atoms with Crippen molar-refractivity contribution in [3.05, 3.63) is 72.0 Å². The monoisotopic (exact) mass is 487 g/mol. The Kier molecular flexibility index (Phi) is 6.50. The summed E-state index contributed by atoms with van der Waals surface area (Å²) < 4.78 is 10.9. The van der Waals surface area contributed by atoms with Crippen molar-refractivity contribution >= 4 is 22.8 Å². The largest absolute Gasteiger partial charge is 0.464 e. The van der Waals surface area contributed by atoms with Gasteiger partial charge in [0.05, 0.1) is 30.4 Å². The van der Waals surface area contributed by atoms with Gasteiger partial charge in [0.2, 0.25) is 5.91 Å². The molecule has 0 bridgehead atoms. The first-order chi connectivity index (χ1) is 17.7. The molecule has 4 atom stereocenters. The van der Waals surface area contributed by atoms with Crippen LogP contribution in [-0.2, 0) is 9.53 Å². The second-order valence-corrected chi connectivity index (χ2v) is 10.4. The number of likely N-dealkylation sites (tertiary alicyclic amines) is 2. The fourth-order valence-corrected chi connectivity index (χ4v) is 6.14. The summed E-state index contributed by atoms with van der Waals surface area (Å²) in [6, 6.07) is 17.8. The van der Waals surface area contributed by atoms with Crippen molar-refractivity contribution in [1.82, 2.24) is 15.1 Å². The van der Waals surface area contributed by atoms with Crippen LogP contribution in [0.1, 0.15) is 34.8 Å². The molecule has 1 N–H and O–H groups in total. The maximum Gasteiger partial charge on any atom is 0.254 e. The number of rotatable bonds is 7. The van der Waals surface area contributed by atoms with Gasteiger partial charge in [0.1, 0.15) is 5.58 Å². The van der Waals surface area contributed by atoms with Gasteiger partial charge in [-0.25, -0.2) is 0 Å². The zero-order valence-electron chi connectivity index (χ0n) is 20.5. The Bertz CT molecular complexity index is 1210. The number of nitrogens with one attached hydrogen (secondary N) is 1. The molecule has 0 saturated carbocycles. The number of ether oxygens (including phenoxy) is 1. The molecular formula is C29H33N3O4. The van der Waals surface area contributed by atoms with Gasteiger partial charge < -0.3 is 24.3 Å². The number of carbonyl (C=O) groups excluding carboxylic acids is 2. The van der Waals surface area contributed by atoms with Crippen LogP contribution in [-0.4, -0.2) is 67.6 Å². The van der Waals surface area contributed by atoms with E-state index in [1.165, 1.54) is 0 Å². The average molecular weight is 488 g/mol. The predicted octanol–water partition coefficient (Wildman–Crippen LogP) is 3.72. The summed E-state index contributed by atoms with van der Waals surface area (Å²) in [6.07, 6.45) is 3.31. The lowest BCUT2D eigenvalue weighted by atomic mass is 10.0. The van der Waals surface area contributed by atoms with Crippen LogP contribution in [0.25, 0.3) is 11.0 Å². The van der Waals surface area contributed by atoms with Crippen molar-refractivity contribution in [2.45, 2.75) is 18.9 Å². The van der Waals surface area contributed by atoms with Crippen molar-refractivity contribution in [3.8, 4) is 0 Å². The van der Waals surface area contributed by atoms with Crippen LogP contribution < -0.4 is 5.32 Å².